The maximum absolute atomic E-state index is 12.0. The number of phenolic OH excluding ortho intramolecular Hbond substituents is 1. The molecule has 0 amide bonds. The molecule has 0 unspecified atom stereocenters. The van der Waals surface area contributed by atoms with Gasteiger partial charge in [-0.25, -0.2) is 4.98 Å². The van der Waals surface area contributed by atoms with Gasteiger partial charge in [0.1, 0.15) is 10.3 Å². The number of aromatic nitrogens is 2. The lowest BCUT2D eigenvalue weighted by atomic mass is 10.1. The monoisotopic (exact) mass is 352 g/mol. The van der Waals surface area contributed by atoms with Crippen molar-refractivity contribution in [3.63, 3.8) is 0 Å². The number of methoxy groups -OCH3 is 1. The minimum atomic E-state index is -0.231. The Labute approximate surface area is 131 Å². The first-order chi connectivity index (χ1) is 9.92. The number of benzene rings is 1. The van der Waals surface area contributed by atoms with Crippen molar-refractivity contribution in [2.75, 3.05) is 7.11 Å². The highest BCUT2D eigenvalue weighted by molar-refractivity contribution is 9.10. The Morgan fingerprint density at radius 2 is 2.14 bits per heavy atom. The summed E-state index contributed by atoms with van der Waals surface area (Å²) in [4.78, 5) is 19.2. The van der Waals surface area contributed by atoms with E-state index in [1.807, 2.05) is 0 Å². The van der Waals surface area contributed by atoms with E-state index in [0.717, 1.165) is 0 Å². The molecule has 2 aromatic rings. The largest absolute Gasteiger partial charge is 0.504 e. The Hall–Kier alpha value is -1.82. The van der Waals surface area contributed by atoms with Crippen LogP contribution in [0, 0.1) is 5.92 Å². The van der Waals surface area contributed by atoms with Crippen molar-refractivity contribution in [1.82, 2.24) is 9.97 Å². The number of aromatic hydroxyl groups is 1. The molecule has 0 aliphatic rings. The van der Waals surface area contributed by atoms with Crippen LogP contribution in [-0.2, 0) is 6.42 Å². The Balaban J connectivity index is 2.51. The normalized spacial score (nSPS) is 10.9. The molecular weight excluding hydrogens is 336 g/mol. The quantitative estimate of drug-likeness (QED) is 0.886. The molecule has 0 fully saturated rings. The molecule has 0 bridgehead atoms. The highest BCUT2D eigenvalue weighted by atomic mass is 79.9. The summed E-state index contributed by atoms with van der Waals surface area (Å²) in [6, 6.07) is 4.89. The first-order valence-corrected chi connectivity index (χ1v) is 7.37. The zero-order valence-corrected chi connectivity index (χ0v) is 13.7. The Morgan fingerprint density at radius 3 is 2.71 bits per heavy atom. The fourth-order valence-electron chi connectivity index (χ4n) is 2.00. The van der Waals surface area contributed by atoms with Crippen molar-refractivity contribution < 1.29 is 9.84 Å². The summed E-state index contributed by atoms with van der Waals surface area (Å²) in [6.07, 6.45) is 0.694. The molecule has 0 saturated carbocycles. The van der Waals surface area contributed by atoms with E-state index in [2.05, 4.69) is 39.7 Å². The number of phenols is 1. The molecule has 0 aliphatic carbocycles. The third kappa shape index (κ3) is 3.44. The molecule has 0 spiro atoms. The fraction of sp³-hybridized carbons (Fsp3) is 0.333. The molecule has 2 rings (SSSR count). The predicted octanol–water partition coefficient (Wildman–Crippen LogP) is 3.11. The number of hydrogen-bond donors (Lipinski definition) is 2. The smallest absolute Gasteiger partial charge is 0.265 e. The fourth-order valence-corrected chi connectivity index (χ4v) is 2.35. The average molecular weight is 353 g/mol. The zero-order chi connectivity index (χ0) is 15.6. The van der Waals surface area contributed by atoms with Crippen molar-refractivity contribution in [3.8, 4) is 22.9 Å². The Bertz CT molecular complexity index is 711. The SMILES string of the molecule is COc1ccc(-c2nc(CC(C)C)c(Br)c(=O)[nH]2)cc1O. The summed E-state index contributed by atoms with van der Waals surface area (Å²) < 4.78 is 5.46. The number of aromatic amines is 1. The number of ether oxygens (including phenoxy) is 1. The second-order valence-electron chi connectivity index (χ2n) is 5.16. The van der Waals surface area contributed by atoms with Crippen LogP contribution in [0.3, 0.4) is 0 Å². The third-order valence-corrected chi connectivity index (χ3v) is 3.80. The standard InChI is InChI=1S/C15H17BrN2O3/c1-8(2)6-10-13(16)15(20)18-14(17-10)9-4-5-12(21-3)11(19)7-9/h4-5,7-8,19H,6H2,1-3H3,(H,17,18,20). The highest BCUT2D eigenvalue weighted by Crippen LogP contribution is 2.30. The van der Waals surface area contributed by atoms with Gasteiger partial charge in [-0.3, -0.25) is 4.79 Å². The molecule has 112 valence electrons. The van der Waals surface area contributed by atoms with Gasteiger partial charge in [0.25, 0.3) is 5.56 Å². The van der Waals surface area contributed by atoms with Crippen LogP contribution >= 0.6 is 15.9 Å². The summed E-state index contributed by atoms with van der Waals surface area (Å²) >= 11 is 3.28. The summed E-state index contributed by atoms with van der Waals surface area (Å²) in [5, 5.41) is 9.84. The van der Waals surface area contributed by atoms with Crippen molar-refractivity contribution in [3.05, 3.63) is 38.7 Å². The van der Waals surface area contributed by atoms with Gasteiger partial charge in [-0.1, -0.05) is 13.8 Å². The van der Waals surface area contributed by atoms with E-state index in [1.54, 1.807) is 12.1 Å². The number of rotatable bonds is 4. The molecule has 1 aromatic heterocycles. The van der Waals surface area contributed by atoms with Gasteiger partial charge in [0.15, 0.2) is 11.5 Å². The van der Waals surface area contributed by atoms with Gasteiger partial charge in [0, 0.05) is 5.56 Å². The second kappa shape index (κ2) is 6.30. The van der Waals surface area contributed by atoms with Gasteiger partial charge in [-0.2, -0.15) is 0 Å². The maximum atomic E-state index is 12.0. The molecule has 1 aromatic carbocycles. The van der Waals surface area contributed by atoms with E-state index in [4.69, 9.17) is 4.74 Å². The summed E-state index contributed by atoms with van der Waals surface area (Å²) in [5.74, 6) is 1.19. The van der Waals surface area contributed by atoms with E-state index in [0.29, 0.717) is 39.6 Å². The lowest BCUT2D eigenvalue weighted by molar-refractivity contribution is 0.373. The molecule has 5 nitrogen and oxygen atoms in total. The van der Waals surface area contributed by atoms with Gasteiger partial charge in [-0.15, -0.1) is 0 Å². The molecule has 0 radical (unpaired) electrons. The highest BCUT2D eigenvalue weighted by Gasteiger charge is 2.13. The van der Waals surface area contributed by atoms with Crippen LogP contribution in [0.4, 0.5) is 0 Å². The second-order valence-corrected chi connectivity index (χ2v) is 5.95. The summed E-state index contributed by atoms with van der Waals surface area (Å²) in [7, 11) is 1.48. The number of nitrogens with zero attached hydrogens (tertiary/aromatic N) is 1. The molecule has 0 atom stereocenters. The first-order valence-electron chi connectivity index (χ1n) is 6.58. The van der Waals surface area contributed by atoms with Gasteiger partial charge >= 0.3 is 0 Å². The van der Waals surface area contributed by atoms with Crippen molar-refractivity contribution >= 4 is 15.9 Å². The van der Waals surface area contributed by atoms with Crippen LogP contribution in [0.25, 0.3) is 11.4 Å². The minimum Gasteiger partial charge on any atom is -0.504 e. The van der Waals surface area contributed by atoms with Crippen LogP contribution < -0.4 is 10.3 Å². The van der Waals surface area contributed by atoms with Gasteiger partial charge in [0.05, 0.1) is 12.8 Å². The van der Waals surface area contributed by atoms with E-state index in [-0.39, 0.29) is 11.3 Å². The molecular formula is C15H17BrN2O3. The lowest BCUT2D eigenvalue weighted by Gasteiger charge is -2.10. The number of halogens is 1. The van der Waals surface area contributed by atoms with Crippen LogP contribution in [-0.4, -0.2) is 22.2 Å². The maximum Gasteiger partial charge on any atom is 0.265 e. The van der Waals surface area contributed by atoms with Crippen molar-refractivity contribution in [1.29, 1.82) is 0 Å². The first kappa shape index (κ1) is 15.6. The van der Waals surface area contributed by atoms with Crippen LogP contribution in [0.5, 0.6) is 11.5 Å². The molecule has 0 saturated heterocycles. The molecule has 6 heteroatoms. The lowest BCUT2D eigenvalue weighted by Crippen LogP contribution is -2.15. The Morgan fingerprint density at radius 1 is 1.43 bits per heavy atom. The van der Waals surface area contributed by atoms with Crippen LogP contribution in [0.15, 0.2) is 27.5 Å². The van der Waals surface area contributed by atoms with Crippen molar-refractivity contribution in [2.24, 2.45) is 5.92 Å². The number of hydrogen-bond acceptors (Lipinski definition) is 4. The number of nitrogens with one attached hydrogen (secondary N) is 1. The summed E-state index contributed by atoms with van der Waals surface area (Å²) in [6.45, 7) is 4.13. The van der Waals surface area contributed by atoms with E-state index >= 15 is 0 Å². The van der Waals surface area contributed by atoms with E-state index < -0.39 is 0 Å². The molecule has 21 heavy (non-hydrogen) atoms. The van der Waals surface area contributed by atoms with E-state index in [9.17, 15) is 9.90 Å². The van der Waals surface area contributed by atoms with Crippen LogP contribution in [0.2, 0.25) is 0 Å². The third-order valence-electron chi connectivity index (χ3n) is 2.99. The van der Waals surface area contributed by atoms with E-state index in [1.165, 1.54) is 13.2 Å². The van der Waals surface area contributed by atoms with Gasteiger partial charge in [-0.05, 0) is 46.5 Å². The van der Waals surface area contributed by atoms with Crippen molar-refractivity contribution in [2.45, 2.75) is 20.3 Å². The average Bonchev–Trinajstić information content (AvgIpc) is 2.43. The Kier molecular flexibility index (Phi) is 4.67. The molecule has 2 N–H and O–H groups in total. The summed E-state index contributed by atoms with van der Waals surface area (Å²) in [5.41, 5.74) is 1.10. The molecule has 0 aliphatic heterocycles. The predicted molar refractivity (Wildman–Crippen MR) is 84.8 cm³/mol. The minimum absolute atomic E-state index is 0.00553. The molecule has 1 heterocycles. The van der Waals surface area contributed by atoms with Gasteiger partial charge in [0.2, 0.25) is 0 Å². The zero-order valence-electron chi connectivity index (χ0n) is 12.1. The number of H-pyrrole nitrogens is 1. The van der Waals surface area contributed by atoms with Gasteiger partial charge < -0.3 is 14.8 Å². The topological polar surface area (TPSA) is 75.2 Å². The van der Waals surface area contributed by atoms with Crippen LogP contribution in [0.1, 0.15) is 19.5 Å².